The van der Waals surface area contributed by atoms with E-state index in [0.29, 0.717) is 22.7 Å². The molecule has 1 aliphatic rings. The fraction of sp³-hybridized carbons (Fsp3) is 0.182. The van der Waals surface area contributed by atoms with Crippen molar-refractivity contribution < 1.29 is 9.59 Å². The molecular formula is C11H9ClN2O2. The van der Waals surface area contributed by atoms with Crippen LogP contribution in [0.4, 0.5) is 5.69 Å². The van der Waals surface area contributed by atoms with E-state index < -0.39 is 5.92 Å². The summed E-state index contributed by atoms with van der Waals surface area (Å²) in [5, 5.41) is 5.86. The number of hydrogen-bond acceptors (Lipinski definition) is 3. The van der Waals surface area contributed by atoms with Crippen molar-refractivity contribution in [1.29, 1.82) is 0 Å². The van der Waals surface area contributed by atoms with Crippen LogP contribution in [-0.4, -0.2) is 17.9 Å². The third-order valence-corrected chi connectivity index (χ3v) is 2.64. The van der Waals surface area contributed by atoms with Crippen LogP contribution in [0.25, 0.3) is 0 Å². The van der Waals surface area contributed by atoms with E-state index in [4.69, 9.17) is 11.6 Å². The second kappa shape index (κ2) is 4.06. The van der Waals surface area contributed by atoms with Crippen LogP contribution >= 0.6 is 11.6 Å². The van der Waals surface area contributed by atoms with Gasteiger partial charge in [0.05, 0.1) is 11.4 Å². The normalized spacial score (nSPS) is 19.9. The lowest BCUT2D eigenvalue weighted by Gasteiger charge is -2.12. The maximum atomic E-state index is 11.8. The van der Waals surface area contributed by atoms with Crippen molar-refractivity contribution in [2.75, 3.05) is 5.01 Å². The number of aldehydes is 1. The third-order valence-electron chi connectivity index (χ3n) is 2.39. The smallest absolute Gasteiger partial charge is 0.263 e. The van der Waals surface area contributed by atoms with E-state index in [2.05, 4.69) is 5.10 Å². The number of nitrogens with zero attached hydrogens (tertiary/aromatic N) is 2. The van der Waals surface area contributed by atoms with Gasteiger partial charge >= 0.3 is 0 Å². The minimum atomic E-state index is -0.754. The van der Waals surface area contributed by atoms with E-state index >= 15 is 0 Å². The Morgan fingerprint density at radius 1 is 1.38 bits per heavy atom. The fourth-order valence-corrected chi connectivity index (χ4v) is 1.63. The second-order valence-corrected chi connectivity index (χ2v) is 3.92. The molecule has 0 bridgehead atoms. The molecule has 82 valence electrons. The molecule has 1 atom stereocenters. The van der Waals surface area contributed by atoms with Crippen molar-refractivity contribution in [3.63, 3.8) is 0 Å². The predicted octanol–water partition coefficient (Wildman–Crippen LogP) is 1.88. The van der Waals surface area contributed by atoms with E-state index in [-0.39, 0.29) is 5.91 Å². The highest BCUT2D eigenvalue weighted by atomic mass is 35.5. The van der Waals surface area contributed by atoms with Crippen LogP contribution in [0.5, 0.6) is 0 Å². The summed E-state index contributed by atoms with van der Waals surface area (Å²) < 4.78 is 0. The molecule has 0 radical (unpaired) electrons. The molecule has 4 nitrogen and oxygen atoms in total. The van der Waals surface area contributed by atoms with Gasteiger partial charge in [-0.15, -0.1) is 0 Å². The van der Waals surface area contributed by atoms with E-state index in [1.807, 2.05) is 0 Å². The highest BCUT2D eigenvalue weighted by Gasteiger charge is 2.33. The first-order chi connectivity index (χ1) is 7.63. The largest absolute Gasteiger partial charge is 0.302 e. The molecule has 0 saturated carbocycles. The number of hydrazone groups is 1. The Bertz CT molecular complexity index is 467. The summed E-state index contributed by atoms with van der Waals surface area (Å²) in [5.41, 5.74) is 1.12. The van der Waals surface area contributed by atoms with Crippen molar-refractivity contribution in [2.45, 2.75) is 6.92 Å². The highest BCUT2D eigenvalue weighted by Crippen LogP contribution is 2.24. The molecule has 5 heteroatoms. The lowest BCUT2D eigenvalue weighted by Crippen LogP contribution is -2.27. The van der Waals surface area contributed by atoms with E-state index in [1.54, 1.807) is 31.2 Å². The van der Waals surface area contributed by atoms with Crippen molar-refractivity contribution in [2.24, 2.45) is 11.0 Å². The monoisotopic (exact) mass is 236 g/mol. The summed E-state index contributed by atoms with van der Waals surface area (Å²) in [5.74, 6) is -1.08. The van der Waals surface area contributed by atoms with Crippen molar-refractivity contribution >= 4 is 35.2 Å². The molecule has 0 spiro atoms. The summed E-state index contributed by atoms with van der Waals surface area (Å²) in [4.78, 5) is 22.5. The quantitative estimate of drug-likeness (QED) is 0.582. The molecule has 0 fully saturated rings. The maximum Gasteiger partial charge on any atom is 0.263 e. The van der Waals surface area contributed by atoms with Gasteiger partial charge in [-0.3, -0.25) is 4.79 Å². The van der Waals surface area contributed by atoms with Crippen LogP contribution in [0.1, 0.15) is 6.92 Å². The van der Waals surface area contributed by atoms with Gasteiger partial charge in [-0.2, -0.15) is 10.1 Å². The van der Waals surface area contributed by atoms with Gasteiger partial charge in [0, 0.05) is 5.02 Å². The number of carbonyl (C=O) groups excluding carboxylic acids is 2. The first-order valence-corrected chi connectivity index (χ1v) is 5.11. The second-order valence-electron chi connectivity index (χ2n) is 3.48. The molecule has 0 aromatic heterocycles. The van der Waals surface area contributed by atoms with Gasteiger partial charge in [0.1, 0.15) is 12.2 Å². The predicted molar refractivity (Wildman–Crippen MR) is 61.6 cm³/mol. The van der Waals surface area contributed by atoms with Gasteiger partial charge in [-0.1, -0.05) is 11.6 Å². The number of benzene rings is 1. The molecule has 1 amide bonds. The van der Waals surface area contributed by atoms with Gasteiger partial charge in [-0.25, -0.2) is 0 Å². The van der Waals surface area contributed by atoms with E-state index in [0.717, 1.165) is 0 Å². The number of rotatable bonds is 2. The van der Waals surface area contributed by atoms with Crippen LogP contribution in [-0.2, 0) is 9.59 Å². The van der Waals surface area contributed by atoms with Crippen molar-refractivity contribution in [3.05, 3.63) is 29.3 Å². The zero-order valence-electron chi connectivity index (χ0n) is 8.55. The summed E-state index contributed by atoms with van der Waals surface area (Å²) in [6.45, 7) is 1.66. The Labute approximate surface area is 97.5 Å². The van der Waals surface area contributed by atoms with Crippen LogP contribution in [0.2, 0.25) is 5.02 Å². The van der Waals surface area contributed by atoms with Gasteiger partial charge in [0.25, 0.3) is 5.91 Å². The minimum absolute atomic E-state index is 0.324. The molecular weight excluding hydrogens is 228 g/mol. The number of anilines is 1. The lowest BCUT2D eigenvalue weighted by atomic mass is 10.1. The van der Waals surface area contributed by atoms with E-state index in [9.17, 15) is 9.59 Å². The molecule has 16 heavy (non-hydrogen) atoms. The highest BCUT2D eigenvalue weighted by molar-refractivity contribution is 6.30. The SMILES string of the molecule is CC1=NN(c2ccc(Cl)cc2)C(=O)[C@@H]1C=O. The lowest BCUT2D eigenvalue weighted by molar-refractivity contribution is -0.123. The molecule has 1 aromatic carbocycles. The Morgan fingerprint density at radius 3 is 2.50 bits per heavy atom. The summed E-state index contributed by atoms with van der Waals surface area (Å²) in [6.07, 6.45) is 0.608. The molecule has 1 aromatic rings. The molecule has 0 saturated heterocycles. The zero-order valence-corrected chi connectivity index (χ0v) is 9.31. The molecule has 1 aliphatic heterocycles. The standard InChI is InChI=1S/C11H9ClN2O2/c1-7-10(6-15)11(16)14(13-7)9-4-2-8(12)3-5-9/h2-6,10H,1H3/t10-/m1/s1. The summed E-state index contributed by atoms with van der Waals surface area (Å²) in [7, 11) is 0. The van der Waals surface area contributed by atoms with Crippen LogP contribution in [0.3, 0.4) is 0 Å². The Hall–Kier alpha value is -1.68. The minimum Gasteiger partial charge on any atom is -0.302 e. The molecule has 0 unspecified atom stereocenters. The Balaban J connectivity index is 2.34. The van der Waals surface area contributed by atoms with Crippen LogP contribution < -0.4 is 5.01 Å². The molecule has 2 rings (SSSR count). The van der Waals surface area contributed by atoms with E-state index in [1.165, 1.54) is 5.01 Å². The average Bonchev–Trinajstić information content (AvgIpc) is 2.55. The van der Waals surface area contributed by atoms with Gasteiger partial charge in [-0.05, 0) is 31.2 Å². The van der Waals surface area contributed by atoms with Crippen LogP contribution in [0.15, 0.2) is 29.4 Å². The first kappa shape index (κ1) is 10.8. The maximum absolute atomic E-state index is 11.8. The molecule has 0 N–H and O–H groups in total. The molecule has 0 aliphatic carbocycles. The summed E-state index contributed by atoms with van der Waals surface area (Å²) in [6, 6.07) is 6.71. The van der Waals surface area contributed by atoms with Gasteiger partial charge in [0.2, 0.25) is 0 Å². The topological polar surface area (TPSA) is 49.7 Å². The zero-order chi connectivity index (χ0) is 11.7. The Morgan fingerprint density at radius 2 is 2.00 bits per heavy atom. The average molecular weight is 237 g/mol. The van der Waals surface area contributed by atoms with Crippen molar-refractivity contribution in [3.8, 4) is 0 Å². The van der Waals surface area contributed by atoms with Crippen molar-refractivity contribution in [1.82, 2.24) is 0 Å². The summed E-state index contributed by atoms with van der Waals surface area (Å²) >= 11 is 5.74. The first-order valence-electron chi connectivity index (χ1n) is 4.73. The van der Waals surface area contributed by atoms with Gasteiger partial charge in [0.15, 0.2) is 0 Å². The number of carbonyl (C=O) groups is 2. The number of hydrogen-bond donors (Lipinski definition) is 0. The number of halogens is 1. The Kier molecular flexibility index (Phi) is 2.75. The number of amides is 1. The third kappa shape index (κ3) is 1.72. The molecule has 1 heterocycles. The van der Waals surface area contributed by atoms with Crippen LogP contribution in [0, 0.1) is 5.92 Å². The van der Waals surface area contributed by atoms with Gasteiger partial charge < -0.3 is 4.79 Å². The fourth-order valence-electron chi connectivity index (χ4n) is 1.50.